The van der Waals surface area contributed by atoms with Crippen molar-refractivity contribution >= 4 is 21.8 Å². The highest BCUT2D eigenvalue weighted by atomic mass is 79.9. The first-order chi connectivity index (χ1) is 12.6. The Bertz CT molecular complexity index is 787. The highest BCUT2D eigenvalue weighted by Gasteiger charge is 2.39. The second-order valence-electron chi connectivity index (χ2n) is 6.67. The number of rotatable bonds is 7. The van der Waals surface area contributed by atoms with Crippen molar-refractivity contribution < 1.29 is 14.3 Å². The molecule has 0 atom stereocenters. The standard InChI is InChI=1S/C21H24BrNO3/c1-25-18-8-9-19(26-2)15(13-18)7-10-20(24)23-21(11-4-12-21)16-5-3-6-17(22)14-16/h3,5-6,8-9,13-14H,4,7,10-12H2,1-2H3,(H,23,24). The average Bonchev–Trinajstić information content (AvgIpc) is 2.62. The normalized spacial score (nSPS) is 15.0. The topological polar surface area (TPSA) is 47.6 Å². The van der Waals surface area contributed by atoms with Crippen LogP contribution in [0.25, 0.3) is 0 Å². The molecule has 0 spiro atoms. The number of hydrogen-bond donors (Lipinski definition) is 1. The molecule has 0 bridgehead atoms. The van der Waals surface area contributed by atoms with E-state index in [0.717, 1.165) is 40.8 Å². The van der Waals surface area contributed by atoms with Crippen LogP contribution in [0.2, 0.25) is 0 Å². The third kappa shape index (κ3) is 4.04. The average molecular weight is 418 g/mol. The van der Waals surface area contributed by atoms with E-state index >= 15 is 0 Å². The van der Waals surface area contributed by atoms with Gasteiger partial charge in [0.25, 0.3) is 0 Å². The van der Waals surface area contributed by atoms with Crippen LogP contribution in [0, 0.1) is 0 Å². The summed E-state index contributed by atoms with van der Waals surface area (Å²) >= 11 is 3.53. The van der Waals surface area contributed by atoms with E-state index in [1.54, 1.807) is 14.2 Å². The quantitative estimate of drug-likeness (QED) is 0.715. The van der Waals surface area contributed by atoms with Crippen molar-refractivity contribution in [2.45, 2.75) is 37.6 Å². The molecular formula is C21H24BrNO3. The van der Waals surface area contributed by atoms with E-state index in [4.69, 9.17) is 9.47 Å². The van der Waals surface area contributed by atoms with E-state index < -0.39 is 0 Å². The molecule has 5 heteroatoms. The first-order valence-electron chi connectivity index (χ1n) is 8.84. The molecule has 3 rings (SSSR count). The fourth-order valence-corrected chi connectivity index (χ4v) is 3.86. The maximum absolute atomic E-state index is 12.6. The van der Waals surface area contributed by atoms with Crippen molar-refractivity contribution in [2.75, 3.05) is 14.2 Å². The predicted octanol–water partition coefficient (Wildman–Crippen LogP) is 4.59. The van der Waals surface area contributed by atoms with Crippen LogP contribution in [0.5, 0.6) is 11.5 Å². The van der Waals surface area contributed by atoms with Crippen LogP contribution in [0.1, 0.15) is 36.8 Å². The van der Waals surface area contributed by atoms with Gasteiger partial charge >= 0.3 is 0 Å². The van der Waals surface area contributed by atoms with Gasteiger partial charge in [-0.1, -0.05) is 28.1 Å². The van der Waals surface area contributed by atoms with E-state index in [1.807, 2.05) is 30.3 Å². The minimum absolute atomic E-state index is 0.0644. The minimum Gasteiger partial charge on any atom is -0.497 e. The summed E-state index contributed by atoms with van der Waals surface area (Å²) in [6, 6.07) is 13.9. The second-order valence-corrected chi connectivity index (χ2v) is 7.59. The van der Waals surface area contributed by atoms with Gasteiger partial charge in [-0.3, -0.25) is 4.79 Å². The summed E-state index contributed by atoms with van der Waals surface area (Å²) in [5, 5.41) is 3.28. The Morgan fingerprint density at radius 3 is 2.58 bits per heavy atom. The zero-order valence-corrected chi connectivity index (χ0v) is 16.8. The fraction of sp³-hybridized carbons (Fsp3) is 0.381. The zero-order chi connectivity index (χ0) is 18.6. The lowest BCUT2D eigenvalue weighted by molar-refractivity contribution is -0.124. The number of carbonyl (C=O) groups excluding carboxylic acids is 1. The van der Waals surface area contributed by atoms with Crippen LogP contribution >= 0.6 is 15.9 Å². The number of ether oxygens (including phenoxy) is 2. The van der Waals surface area contributed by atoms with E-state index in [2.05, 4.69) is 33.4 Å². The summed E-state index contributed by atoms with van der Waals surface area (Å²) in [5.74, 6) is 1.62. The number of hydrogen-bond acceptors (Lipinski definition) is 3. The van der Waals surface area contributed by atoms with Gasteiger partial charge in [0.15, 0.2) is 0 Å². The van der Waals surface area contributed by atoms with Crippen LogP contribution in [-0.2, 0) is 16.8 Å². The molecule has 2 aromatic carbocycles. The minimum atomic E-state index is -0.223. The van der Waals surface area contributed by atoms with Crippen LogP contribution in [0.4, 0.5) is 0 Å². The summed E-state index contributed by atoms with van der Waals surface area (Å²) < 4.78 is 11.7. The van der Waals surface area contributed by atoms with Crippen molar-refractivity contribution in [1.82, 2.24) is 5.32 Å². The monoisotopic (exact) mass is 417 g/mol. The molecule has 1 amide bonds. The van der Waals surface area contributed by atoms with Gasteiger partial charge in [-0.25, -0.2) is 0 Å². The number of aryl methyl sites for hydroxylation is 1. The van der Waals surface area contributed by atoms with E-state index in [1.165, 1.54) is 5.56 Å². The van der Waals surface area contributed by atoms with E-state index in [0.29, 0.717) is 12.8 Å². The lowest BCUT2D eigenvalue weighted by atomic mass is 9.71. The molecule has 2 aromatic rings. The van der Waals surface area contributed by atoms with Crippen LogP contribution < -0.4 is 14.8 Å². The van der Waals surface area contributed by atoms with Gasteiger partial charge in [0.1, 0.15) is 11.5 Å². The maximum Gasteiger partial charge on any atom is 0.221 e. The molecule has 1 aliphatic rings. The number of carbonyl (C=O) groups is 1. The highest BCUT2D eigenvalue weighted by Crippen LogP contribution is 2.42. The summed E-state index contributed by atoms with van der Waals surface area (Å²) in [4.78, 5) is 12.6. The largest absolute Gasteiger partial charge is 0.497 e. The van der Waals surface area contributed by atoms with Crippen LogP contribution in [-0.4, -0.2) is 20.1 Å². The Labute approximate surface area is 163 Å². The first kappa shape index (κ1) is 18.8. The molecule has 26 heavy (non-hydrogen) atoms. The molecule has 0 radical (unpaired) electrons. The Morgan fingerprint density at radius 2 is 1.96 bits per heavy atom. The van der Waals surface area contributed by atoms with Crippen molar-refractivity contribution in [3.05, 3.63) is 58.1 Å². The summed E-state index contributed by atoms with van der Waals surface area (Å²) in [6.45, 7) is 0. The number of halogens is 1. The van der Waals surface area contributed by atoms with Crippen molar-refractivity contribution in [2.24, 2.45) is 0 Å². The van der Waals surface area contributed by atoms with E-state index in [9.17, 15) is 4.79 Å². The number of benzene rings is 2. The van der Waals surface area contributed by atoms with Gasteiger partial charge < -0.3 is 14.8 Å². The Balaban J connectivity index is 1.67. The molecule has 0 aliphatic heterocycles. The second kappa shape index (κ2) is 8.12. The maximum atomic E-state index is 12.6. The van der Waals surface area contributed by atoms with Crippen molar-refractivity contribution in [3.8, 4) is 11.5 Å². The molecule has 0 unspecified atom stereocenters. The van der Waals surface area contributed by atoms with Gasteiger partial charge in [0, 0.05) is 10.9 Å². The van der Waals surface area contributed by atoms with Gasteiger partial charge in [-0.2, -0.15) is 0 Å². The molecule has 1 saturated carbocycles. The molecule has 1 aliphatic carbocycles. The molecule has 0 aromatic heterocycles. The third-order valence-electron chi connectivity index (χ3n) is 5.07. The molecular weight excluding hydrogens is 394 g/mol. The molecule has 1 fully saturated rings. The van der Waals surface area contributed by atoms with Gasteiger partial charge in [-0.05, 0) is 67.1 Å². The Hall–Kier alpha value is -2.01. The number of nitrogens with one attached hydrogen (secondary N) is 1. The summed E-state index contributed by atoms with van der Waals surface area (Å²) in [7, 11) is 3.28. The molecule has 1 N–H and O–H groups in total. The first-order valence-corrected chi connectivity index (χ1v) is 9.63. The van der Waals surface area contributed by atoms with Gasteiger partial charge in [0.2, 0.25) is 5.91 Å². The number of methoxy groups -OCH3 is 2. The summed E-state index contributed by atoms with van der Waals surface area (Å²) in [5.41, 5.74) is 1.93. The van der Waals surface area contributed by atoms with Crippen LogP contribution in [0.15, 0.2) is 46.9 Å². The molecule has 4 nitrogen and oxygen atoms in total. The van der Waals surface area contributed by atoms with Crippen molar-refractivity contribution in [3.63, 3.8) is 0 Å². The van der Waals surface area contributed by atoms with Gasteiger partial charge in [-0.15, -0.1) is 0 Å². The smallest absolute Gasteiger partial charge is 0.221 e. The van der Waals surface area contributed by atoms with Crippen LogP contribution in [0.3, 0.4) is 0 Å². The molecule has 0 heterocycles. The van der Waals surface area contributed by atoms with E-state index in [-0.39, 0.29) is 11.4 Å². The lowest BCUT2D eigenvalue weighted by Gasteiger charge is -2.43. The zero-order valence-electron chi connectivity index (χ0n) is 15.2. The Morgan fingerprint density at radius 1 is 1.15 bits per heavy atom. The SMILES string of the molecule is COc1ccc(OC)c(CCC(=O)NC2(c3cccc(Br)c3)CCC2)c1. The Kier molecular flexibility index (Phi) is 5.87. The fourth-order valence-electron chi connectivity index (χ4n) is 3.46. The lowest BCUT2D eigenvalue weighted by Crippen LogP contribution is -2.50. The predicted molar refractivity (Wildman–Crippen MR) is 106 cm³/mol. The van der Waals surface area contributed by atoms with Crippen molar-refractivity contribution in [1.29, 1.82) is 0 Å². The van der Waals surface area contributed by atoms with Gasteiger partial charge in [0.05, 0.1) is 19.8 Å². The third-order valence-corrected chi connectivity index (χ3v) is 5.57. The summed E-state index contributed by atoms with van der Waals surface area (Å²) in [6.07, 6.45) is 4.13. The number of amides is 1. The molecule has 0 saturated heterocycles. The molecule has 138 valence electrons. The highest BCUT2D eigenvalue weighted by molar-refractivity contribution is 9.10.